The summed E-state index contributed by atoms with van der Waals surface area (Å²) >= 11 is 0. The average Bonchev–Trinajstić information content (AvgIpc) is 3.06. The van der Waals surface area contributed by atoms with E-state index in [9.17, 15) is 0 Å². The van der Waals surface area contributed by atoms with E-state index in [1.165, 1.54) is 38.5 Å². The summed E-state index contributed by atoms with van der Waals surface area (Å²) in [5, 5.41) is 2.59. The lowest BCUT2D eigenvalue weighted by Crippen LogP contribution is -2.03. The summed E-state index contributed by atoms with van der Waals surface area (Å²) in [5.74, 6) is 0.424. The molecule has 3 aromatic carbocycles. The molecule has 1 aliphatic carbocycles. The predicted octanol–water partition coefficient (Wildman–Crippen LogP) is 6.45. The second-order valence-electron chi connectivity index (χ2n) is 6.68. The van der Waals surface area contributed by atoms with Crippen LogP contribution in [-0.4, -0.2) is 4.98 Å². The van der Waals surface area contributed by atoms with E-state index in [0.29, 0.717) is 5.92 Å². The third kappa shape index (κ3) is 2.40. The quantitative estimate of drug-likeness (QED) is 0.437. The highest BCUT2D eigenvalue weighted by molar-refractivity contribution is 6.07. The van der Waals surface area contributed by atoms with E-state index in [1.807, 2.05) is 0 Å². The van der Waals surface area contributed by atoms with Gasteiger partial charge in [0.25, 0.3) is 0 Å². The molecule has 120 valence electrons. The van der Waals surface area contributed by atoms with Crippen LogP contribution in [0.25, 0.3) is 27.4 Å². The molecule has 0 fully saturated rings. The number of allylic oxidation sites excluding steroid dienone is 4. The number of hydrogen-bond acceptors (Lipinski definition) is 0. The number of aromatic amines is 1. The molecule has 1 atom stereocenters. The van der Waals surface area contributed by atoms with Crippen molar-refractivity contribution in [1.29, 1.82) is 0 Å². The number of fused-ring (bicyclic) bond motifs is 3. The van der Waals surface area contributed by atoms with Crippen molar-refractivity contribution in [2.24, 2.45) is 0 Å². The molecule has 0 bridgehead atoms. The van der Waals surface area contributed by atoms with Gasteiger partial charge in [0.05, 0.1) is 0 Å². The summed E-state index contributed by atoms with van der Waals surface area (Å²) in [5.41, 5.74) is 6.49. The van der Waals surface area contributed by atoms with Crippen molar-refractivity contribution in [3.63, 3.8) is 0 Å². The molecular formula is C24H19N. The zero-order valence-corrected chi connectivity index (χ0v) is 13.9. The molecule has 0 radical (unpaired) electrons. The Balaban J connectivity index is 1.64. The van der Waals surface area contributed by atoms with Crippen LogP contribution in [0.4, 0.5) is 0 Å². The van der Waals surface area contributed by atoms with E-state index in [2.05, 4.69) is 96.0 Å². The van der Waals surface area contributed by atoms with Gasteiger partial charge in [0.15, 0.2) is 0 Å². The molecule has 1 aliphatic rings. The van der Waals surface area contributed by atoms with Crippen LogP contribution in [0.2, 0.25) is 0 Å². The van der Waals surface area contributed by atoms with Crippen molar-refractivity contribution in [1.82, 2.24) is 4.98 Å². The van der Waals surface area contributed by atoms with Crippen LogP contribution in [0.1, 0.15) is 23.5 Å². The van der Waals surface area contributed by atoms with Crippen molar-refractivity contribution in [2.45, 2.75) is 12.3 Å². The molecule has 4 aromatic rings. The first-order valence-electron chi connectivity index (χ1n) is 8.83. The van der Waals surface area contributed by atoms with Crippen molar-refractivity contribution in [2.75, 3.05) is 0 Å². The van der Waals surface area contributed by atoms with Gasteiger partial charge < -0.3 is 4.98 Å². The maximum absolute atomic E-state index is 3.57. The maximum atomic E-state index is 3.57. The standard InChI is InChI=1S/C24H19N/c1-2-8-17(9-3-1)19-10-4-5-11-20(19)18-14-15-22-21-12-6-7-13-23(21)25-24(22)16-18/h1-9,11-16,19,25H,10H2. The number of aromatic nitrogens is 1. The minimum Gasteiger partial charge on any atom is -0.354 e. The zero-order valence-electron chi connectivity index (χ0n) is 13.9. The van der Waals surface area contributed by atoms with Gasteiger partial charge in [0.2, 0.25) is 0 Å². The second kappa shape index (κ2) is 5.78. The van der Waals surface area contributed by atoms with Gasteiger partial charge in [-0.25, -0.2) is 0 Å². The van der Waals surface area contributed by atoms with Crippen LogP contribution < -0.4 is 0 Å². The van der Waals surface area contributed by atoms with Crippen molar-refractivity contribution in [3.05, 3.63) is 102 Å². The Bertz CT molecular complexity index is 1110. The molecule has 0 aliphatic heterocycles. The lowest BCUT2D eigenvalue weighted by atomic mass is 9.82. The molecule has 1 heterocycles. The van der Waals surface area contributed by atoms with Crippen LogP contribution in [0, 0.1) is 0 Å². The van der Waals surface area contributed by atoms with E-state index in [0.717, 1.165) is 6.42 Å². The third-order valence-electron chi connectivity index (χ3n) is 5.20. The largest absolute Gasteiger partial charge is 0.354 e. The molecule has 1 unspecified atom stereocenters. The highest BCUT2D eigenvalue weighted by Gasteiger charge is 2.19. The van der Waals surface area contributed by atoms with Gasteiger partial charge in [-0.1, -0.05) is 78.9 Å². The third-order valence-corrected chi connectivity index (χ3v) is 5.20. The zero-order chi connectivity index (χ0) is 16.6. The Labute approximate surface area is 147 Å². The number of H-pyrrole nitrogens is 1. The van der Waals surface area contributed by atoms with E-state index in [4.69, 9.17) is 0 Å². The average molecular weight is 321 g/mol. The van der Waals surface area contributed by atoms with Crippen LogP contribution in [0.15, 0.2) is 91.0 Å². The molecule has 0 saturated heterocycles. The van der Waals surface area contributed by atoms with Crippen molar-refractivity contribution >= 4 is 27.4 Å². The van der Waals surface area contributed by atoms with Crippen LogP contribution >= 0.6 is 0 Å². The molecule has 1 N–H and O–H groups in total. The maximum Gasteiger partial charge on any atom is 0.0470 e. The van der Waals surface area contributed by atoms with E-state index < -0.39 is 0 Å². The molecule has 1 aromatic heterocycles. The molecule has 1 heteroatoms. The molecule has 5 rings (SSSR count). The molecule has 1 nitrogen and oxygen atoms in total. The van der Waals surface area contributed by atoms with Crippen LogP contribution in [0.3, 0.4) is 0 Å². The summed E-state index contributed by atoms with van der Waals surface area (Å²) < 4.78 is 0. The fourth-order valence-corrected chi connectivity index (χ4v) is 3.96. The first-order valence-corrected chi connectivity index (χ1v) is 8.83. The van der Waals surface area contributed by atoms with E-state index in [-0.39, 0.29) is 0 Å². The first kappa shape index (κ1) is 14.3. The van der Waals surface area contributed by atoms with Gasteiger partial charge >= 0.3 is 0 Å². The number of nitrogens with one attached hydrogen (secondary N) is 1. The smallest absolute Gasteiger partial charge is 0.0470 e. The molecule has 25 heavy (non-hydrogen) atoms. The van der Waals surface area contributed by atoms with Crippen molar-refractivity contribution < 1.29 is 0 Å². The number of hydrogen-bond donors (Lipinski definition) is 1. The summed E-state index contributed by atoms with van der Waals surface area (Å²) in [6.45, 7) is 0. The first-order chi connectivity index (χ1) is 12.4. The monoisotopic (exact) mass is 321 g/mol. The van der Waals surface area contributed by atoms with E-state index >= 15 is 0 Å². The molecule has 0 spiro atoms. The number of para-hydroxylation sites is 1. The summed E-state index contributed by atoms with van der Waals surface area (Å²) in [7, 11) is 0. The topological polar surface area (TPSA) is 15.8 Å². The lowest BCUT2D eigenvalue weighted by Gasteiger charge is -2.22. The Morgan fingerprint density at radius 1 is 0.760 bits per heavy atom. The molecule has 0 amide bonds. The fraction of sp³-hybridized carbons (Fsp3) is 0.0833. The van der Waals surface area contributed by atoms with Crippen LogP contribution in [-0.2, 0) is 0 Å². The van der Waals surface area contributed by atoms with Gasteiger partial charge in [-0.2, -0.15) is 0 Å². The molecular weight excluding hydrogens is 302 g/mol. The van der Waals surface area contributed by atoms with Gasteiger partial charge in [-0.3, -0.25) is 0 Å². The Hall–Kier alpha value is -3.06. The van der Waals surface area contributed by atoms with Gasteiger partial charge in [0.1, 0.15) is 0 Å². The predicted molar refractivity (Wildman–Crippen MR) is 107 cm³/mol. The fourth-order valence-electron chi connectivity index (χ4n) is 3.96. The van der Waals surface area contributed by atoms with Gasteiger partial charge in [0, 0.05) is 27.7 Å². The minimum atomic E-state index is 0.424. The number of benzene rings is 3. The summed E-state index contributed by atoms with van der Waals surface area (Å²) in [6, 6.07) is 26.2. The Kier molecular flexibility index (Phi) is 3.31. The lowest BCUT2D eigenvalue weighted by molar-refractivity contribution is 0.874. The van der Waals surface area contributed by atoms with E-state index in [1.54, 1.807) is 0 Å². The molecule has 0 saturated carbocycles. The minimum absolute atomic E-state index is 0.424. The summed E-state index contributed by atoms with van der Waals surface area (Å²) in [6.07, 6.45) is 7.78. The van der Waals surface area contributed by atoms with Crippen LogP contribution in [0.5, 0.6) is 0 Å². The SMILES string of the molecule is C1=CCC(c2ccccc2)C(c2ccc3c(c2)[nH]c2ccccc23)=C1. The highest BCUT2D eigenvalue weighted by Crippen LogP contribution is 2.39. The Morgan fingerprint density at radius 2 is 1.56 bits per heavy atom. The highest BCUT2D eigenvalue weighted by atomic mass is 14.7. The van der Waals surface area contributed by atoms with Crippen molar-refractivity contribution in [3.8, 4) is 0 Å². The summed E-state index contributed by atoms with van der Waals surface area (Å²) in [4.78, 5) is 3.57. The van der Waals surface area contributed by atoms with Gasteiger partial charge in [-0.15, -0.1) is 0 Å². The van der Waals surface area contributed by atoms with Gasteiger partial charge in [-0.05, 0) is 35.3 Å². The number of rotatable bonds is 2. The normalized spacial score (nSPS) is 17.1. The second-order valence-corrected chi connectivity index (χ2v) is 6.68. The Morgan fingerprint density at radius 3 is 2.48 bits per heavy atom.